The van der Waals surface area contributed by atoms with Gasteiger partial charge >= 0.3 is 12.0 Å². The first-order valence-corrected chi connectivity index (χ1v) is 5.57. The third-order valence-electron chi connectivity index (χ3n) is 3.11. The molecule has 2 amide bonds. The Balaban J connectivity index is 4.30. The summed E-state index contributed by atoms with van der Waals surface area (Å²) in [5.41, 5.74) is 0. The van der Waals surface area contributed by atoms with Crippen molar-refractivity contribution in [2.45, 2.75) is 46.2 Å². The predicted octanol–water partition coefficient (Wildman–Crippen LogP) is 1.54. The molecule has 0 radical (unpaired) electrons. The summed E-state index contributed by atoms with van der Waals surface area (Å²) in [5, 5.41) is 11.6. The number of amides is 2. The van der Waals surface area contributed by atoms with Gasteiger partial charge in [-0.05, 0) is 19.8 Å². The molecule has 0 spiro atoms. The molecule has 0 aromatic rings. The summed E-state index contributed by atoms with van der Waals surface area (Å²) in [7, 11) is 1.48. The first-order valence-electron chi connectivity index (χ1n) is 5.57. The molecule has 0 rings (SSSR count). The smallest absolute Gasteiger partial charge is 0.326 e. The molecule has 0 fully saturated rings. The Kier molecular flexibility index (Phi) is 5.85. The van der Waals surface area contributed by atoms with E-state index < -0.39 is 12.0 Å². The van der Waals surface area contributed by atoms with Crippen LogP contribution in [0.3, 0.4) is 0 Å². The van der Waals surface area contributed by atoms with E-state index in [0.29, 0.717) is 5.92 Å². The van der Waals surface area contributed by atoms with Gasteiger partial charge in [0, 0.05) is 13.1 Å². The maximum absolute atomic E-state index is 11.7. The Morgan fingerprint density at radius 1 is 1.31 bits per heavy atom. The van der Waals surface area contributed by atoms with Crippen LogP contribution in [0.1, 0.15) is 34.1 Å². The van der Waals surface area contributed by atoms with Gasteiger partial charge in [0.15, 0.2) is 0 Å². The average molecular weight is 230 g/mol. The summed E-state index contributed by atoms with van der Waals surface area (Å²) in [4.78, 5) is 23.6. The SMILES string of the molecule is CCC(C)C(C)NC(=O)N(C)C(C)C(=O)O. The molecule has 94 valence electrons. The van der Waals surface area contributed by atoms with Gasteiger partial charge in [0.25, 0.3) is 0 Å². The van der Waals surface area contributed by atoms with E-state index >= 15 is 0 Å². The van der Waals surface area contributed by atoms with Crippen LogP contribution in [0.15, 0.2) is 0 Å². The van der Waals surface area contributed by atoms with E-state index in [1.165, 1.54) is 18.9 Å². The lowest BCUT2D eigenvalue weighted by Crippen LogP contribution is -2.49. The Morgan fingerprint density at radius 2 is 1.81 bits per heavy atom. The van der Waals surface area contributed by atoms with Crippen LogP contribution in [0.4, 0.5) is 4.79 Å². The highest BCUT2D eigenvalue weighted by Gasteiger charge is 2.23. The van der Waals surface area contributed by atoms with Crippen molar-refractivity contribution in [3.63, 3.8) is 0 Å². The zero-order chi connectivity index (χ0) is 12.9. The third-order valence-corrected chi connectivity index (χ3v) is 3.11. The lowest BCUT2D eigenvalue weighted by atomic mass is 10.0. The molecule has 0 bridgehead atoms. The van der Waals surface area contributed by atoms with E-state index in [4.69, 9.17) is 5.11 Å². The molecule has 0 aliphatic heterocycles. The number of carbonyl (C=O) groups is 2. The van der Waals surface area contributed by atoms with Crippen molar-refractivity contribution in [2.75, 3.05) is 7.05 Å². The fraction of sp³-hybridized carbons (Fsp3) is 0.818. The molecule has 0 aromatic heterocycles. The van der Waals surface area contributed by atoms with Gasteiger partial charge in [-0.25, -0.2) is 9.59 Å². The summed E-state index contributed by atoms with van der Waals surface area (Å²) in [6.07, 6.45) is 0.972. The number of rotatable bonds is 5. The average Bonchev–Trinajstić information content (AvgIpc) is 2.25. The molecule has 16 heavy (non-hydrogen) atoms. The fourth-order valence-corrected chi connectivity index (χ4v) is 1.13. The molecule has 3 atom stereocenters. The van der Waals surface area contributed by atoms with Crippen molar-refractivity contribution >= 4 is 12.0 Å². The molecule has 3 unspecified atom stereocenters. The van der Waals surface area contributed by atoms with Gasteiger partial charge in [0.2, 0.25) is 0 Å². The monoisotopic (exact) mass is 230 g/mol. The molecular weight excluding hydrogens is 208 g/mol. The quantitative estimate of drug-likeness (QED) is 0.752. The molecule has 0 saturated heterocycles. The number of carboxylic acids is 1. The van der Waals surface area contributed by atoms with Gasteiger partial charge in [-0.2, -0.15) is 0 Å². The largest absolute Gasteiger partial charge is 0.480 e. The molecule has 5 heteroatoms. The van der Waals surface area contributed by atoms with E-state index in [1.807, 2.05) is 13.8 Å². The normalized spacial score (nSPS) is 16.1. The number of aliphatic carboxylic acids is 1. The Bertz CT molecular complexity index is 256. The van der Waals surface area contributed by atoms with Crippen molar-refractivity contribution < 1.29 is 14.7 Å². The van der Waals surface area contributed by atoms with E-state index in [1.54, 1.807) is 0 Å². The van der Waals surface area contributed by atoms with Gasteiger partial charge in [0.05, 0.1) is 0 Å². The van der Waals surface area contributed by atoms with E-state index in [2.05, 4.69) is 12.2 Å². The van der Waals surface area contributed by atoms with Crippen LogP contribution in [0.5, 0.6) is 0 Å². The topological polar surface area (TPSA) is 69.6 Å². The summed E-state index contributed by atoms with van der Waals surface area (Å²) < 4.78 is 0. The maximum atomic E-state index is 11.7. The Morgan fingerprint density at radius 3 is 2.19 bits per heavy atom. The first-order chi connectivity index (χ1) is 7.31. The van der Waals surface area contributed by atoms with Crippen molar-refractivity contribution in [3.8, 4) is 0 Å². The Hall–Kier alpha value is -1.26. The van der Waals surface area contributed by atoms with Crippen LogP contribution in [-0.4, -0.2) is 41.1 Å². The highest BCUT2D eigenvalue weighted by Crippen LogP contribution is 2.07. The lowest BCUT2D eigenvalue weighted by Gasteiger charge is -2.26. The van der Waals surface area contributed by atoms with Gasteiger partial charge in [-0.3, -0.25) is 0 Å². The summed E-state index contributed by atoms with van der Waals surface area (Å²) >= 11 is 0. The lowest BCUT2D eigenvalue weighted by molar-refractivity contribution is -0.141. The number of nitrogens with zero attached hydrogens (tertiary/aromatic N) is 1. The summed E-state index contributed by atoms with van der Waals surface area (Å²) in [5.74, 6) is -0.633. The molecule has 0 heterocycles. The van der Waals surface area contributed by atoms with Crippen LogP contribution in [0.2, 0.25) is 0 Å². The number of likely N-dealkylation sites (N-methyl/N-ethyl adjacent to an activating group) is 1. The van der Waals surface area contributed by atoms with Gasteiger partial charge < -0.3 is 15.3 Å². The van der Waals surface area contributed by atoms with E-state index in [-0.39, 0.29) is 12.1 Å². The van der Waals surface area contributed by atoms with Gasteiger partial charge in [-0.15, -0.1) is 0 Å². The number of hydrogen-bond donors (Lipinski definition) is 2. The van der Waals surface area contributed by atoms with Crippen LogP contribution in [-0.2, 0) is 4.79 Å². The zero-order valence-corrected chi connectivity index (χ0v) is 10.7. The van der Waals surface area contributed by atoms with Crippen LogP contribution in [0, 0.1) is 5.92 Å². The first kappa shape index (κ1) is 14.7. The van der Waals surface area contributed by atoms with Crippen LogP contribution in [0.25, 0.3) is 0 Å². The molecule has 0 saturated carbocycles. The second-order valence-corrected chi connectivity index (χ2v) is 4.25. The summed E-state index contributed by atoms with van der Waals surface area (Å²) in [6.45, 7) is 7.50. The second kappa shape index (κ2) is 6.35. The number of carbonyl (C=O) groups excluding carboxylic acids is 1. The van der Waals surface area contributed by atoms with Crippen LogP contribution >= 0.6 is 0 Å². The Labute approximate surface area is 96.8 Å². The molecule has 2 N–H and O–H groups in total. The molecular formula is C11H22N2O3. The van der Waals surface area contributed by atoms with E-state index in [9.17, 15) is 9.59 Å². The minimum atomic E-state index is -1.01. The van der Waals surface area contributed by atoms with Crippen LogP contribution < -0.4 is 5.32 Å². The highest BCUT2D eigenvalue weighted by atomic mass is 16.4. The number of carboxylic acid groups (broad SMARTS) is 1. The van der Waals surface area contributed by atoms with Crippen molar-refractivity contribution in [1.82, 2.24) is 10.2 Å². The summed E-state index contributed by atoms with van der Waals surface area (Å²) in [6, 6.07) is -1.12. The molecule has 5 nitrogen and oxygen atoms in total. The zero-order valence-electron chi connectivity index (χ0n) is 10.7. The number of nitrogens with one attached hydrogen (secondary N) is 1. The van der Waals surface area contributed by atoms with Crippen molar-refractivity contribution in [3.05, 3.63) is 0 Å². The van der Waals surface area contributed by atoms with Gasteiger partial charge in [0.1, 0.15) is 6.04 Å². The fourth-order valence-electron chi connectivity index (χ4n) is 1.13. The number of hydrogen-bond acceptors (Lipinski definition) is 2. The van der Waals surface area contributed by atoms with Gasteiger partial charge in [-0.1, -0.05) is 20.3 Å². The van der Waals surface area contributed by atoms with Crippen molar-refractivity contribution in [1.29, 1.82) is 0 Å². The molecule has 0 aromatic carbocycles. The van der Waals surface area contributed by atoms with Crippen molar-refractivity contribution in [2.24, 2.45) is 5.92 Å². The second-order valence-electron chi connectivity index (χ2n) is 4.25. The highest BCUT2D eigenvalue weighted by molar-refractivity contribution is 5.82. The van der Waals surface area contributed by atoms with E-state index in [0.717, 1.165) is 6.42 Å². The molecule has 0 aliphatic rings. The molecule has 0 aliphatic carbocycles. The standard InChI is InChI=1S/C11H22N2O3/c1-6-7(2)8(3)12-11(16)13(5)9(4)10(14)15/h7-9H,6H2,1-5H3,(H,12,16)(H,14,15). The minimum Gasteiger partial charge on any atom is -0.480 e. The third kappa shape index (κ3) is 4.08. The maximum Gasteiger partial charge on any atom is 0.326 e. The predicted molar refractivity (Wildman–Crippen MR) is 62.3 cm³/mol. The number of urea groups is 1. The minimum absolute atomic E-state index is 0.0425.